The maximum Gasteiger partial charge on any atom is 0.253 e. The van der Waals surface area contributed by atoms with E-state index in [1.807, 2.05) is 38.1 Å². The first-order chi connectivity index (χ1) is 14.5. The molecular formula is C24H27N3O3. The van der Waals surface area contributed by atoms with Crippen molar-refractivity contribution in [3.8, 4) is 5.75 Å². The fourth-order valence-electron chi connectivity index (χ4n) is 3.75. The Morgan fingerprint density at radius 2 is 1.87 bits per heavy atom. The van der Waals surface area contributed by atoms with Crippen LogP contribution in [0.25, 0.3) is 10.9 Å². The Bertz CT molecular complexity index is 1040. The van der Waals surface area contributed by atoms with Gasteiger partial charge in [-0.05, 0) is 49.7 Å². The lowest BCUT2D eigenvalue weighted by molar-refractivity contribution is 0.0939. The largest absolute Gasteiger partial charge is 0.497 e. The number of methoxy groups -OCH3 is 1. The molecule has 2 aromatic carbocycles. The number of rotatable bonds is 5. The lowest BCUT2D eigenvalue weighted by Gasteiger charge is -2.29. The van der Waals surface area contributed by atoms with E-state index in [9.17, 15) is 4.79 Å². The highest BCUT2D eigenvalue weighted by molar-refractivity contribution is 5.99. The second-order valence-corrected chi connectivity index (χ2v) is 7.57. The van der Waals surface area contributed by atoms with Gasteiger partial charge in [-0.2, -0.15) is 0 Å². The molecule has 30 heavy (non-hydrogen) atoms. The fraction of sp³-hybridized carbons (Fsp3) is 0.333. The molecule has 1 amide bonds. The zero-order chi connectivity index (χ0) is 21.1. The van der Waals surface area contributed by atoms with E-state index in [0.717, 1.165) is 48.5 Å². The van der Waals surface area contributed by atoms with Crippen LogP contribution < -0.4 is 15.0 Å². The summed E-state index contributed by atoms with van der Waals surface area (Å²) >= 11 is 0. The van der Waals surface area contributed by atoms with Gasteiger partial charge in [0, 0.05) is 30.2 Å². The van der Waals surface area contributed by atoms with E-state index < -0.39 is 0 Å². The molecule has 1 aromatic heterocycles. The summed E-state index contributed by atoms with van der Waals surface area (Å²) in [6, 6.07) is 15.8. The van der Waals surface area contributed by atoms with Crippen LogP contribution >= 0.6 is 0 Å². The Balaban J connectivity index is 1.48. The molecule has 4 rings (SSSR count). The number of ether oxygens (including phenoxy) is 2. The summed E-state index contributed by atoms with van der Waals surface area (Å²) in [5, 5.41) is 4.01. The number of fused-ring (bicyclic) bond motifs is 1. The number of nitrogens with one attached hydrogen (secondary N) is 1. The summed E-state index contributed by atoms with van der Waals surface area (Å²) in [5.41, 5.74) is 4.35. The van der Waals surface area contributed by atoms with Gasteiger partial charge in [-0.3, -0.25) is 9.78 Å². The third-order valence-electron chi connectivity index (χ3n) is 5.58. The first kappa shape index (κ1) is 20.2. The normalized spacial score (nSPS) is 15.1. The topological polar surface area (TPSA) is 63.7 Å². The summed E-state index contributed by atoms with van der Waals surface area (Å²) in [5.74, 6) is 0.628. The maximum absolute atomic E-state index is 12.9. The van der Waals surface area contributed by atoms with Crippen molar-refractivity contribution in [1.29, 1.82) is 0 Å². The molecule has 0 saturated carbocycles. The van der Waals surface area contributed by atoms with E-state index in [1.165, 1.54) is 5.69 Å². The Morgan fingerprint density at radius 1 is 1.13 bits per heavy atom. The van der Waals surface area contributed by atoms with Gasteiger partial charge in [-0.25, -0.2) is 0 Å². The zero-order valence-corrected chi connectivity index (χ0v) is 17.6. The molecule has 2 heterocycles. The Labute approximate surface area is 176 Å². The highest BCUT2D eigenvalue weighted by atomic mass is 16.5. The van der Waals surface area contributed by atoms with Gasteiger partial charge in [0.2, 0.25) is 0 Å². The number of hydrogen-bond donors (Lipinski definition) is 1. The van der Waals surface area contributed by atoms with Crippen LogP contribution in [-0.2, 0) is 4.74 Å². The number of nitrogens with zero attached hydrogens (tertiary/aromatic N) is 2. The molecular weight excluding hydrogens is 378 g/mol. The summed E-state index contributed by atoms with van der Waals surface area (Å²) < 4.78 is 10.7. The molecule has 0 unspecified atom stereocenters. The molecule has 1 N–H and O–H groups in total. The molecule has 1 fully saturated rings. The smallest absolute Gasteiger partial charge is 0.253 e. The van der Waals surface area contributed by atoms with E-state index in [0.29, 0.717) is 11.3 Å². The van der Waals surface area contributed by atoms with Crippen molar-refractivity contribution in [3.05, 3.63) is 65.4 Å². The standard InChI is InChI=1S/C24H27N3O3/c1-16(18-4-7-20(8-5-18)27-10-12-30-13-11-27)26-24(28)22-14-19-6-9-21(29-3)15-23(19)25-17(22)2/h4-9,14-16H,10-13H2,1-3H3,(H,26,28)/t16-/m0/s1. The summed E-state index contributed by atoms with van der Waals surface area (Å²) in [7, 11) is 1.63. The van der Waals surface area contributed by atoms with Gasteiger partial charge in [-0.1, -0.05) is 12.1 Å². The highest BCUT2D eigenvalue weighted by Gasteiger charge is 2.16. The predicted molar refractivity (Wildman–Crippen MR) is 118 cm³/mol. The van der Waals surface area contributed by atoms with Gasteiger partial charge < -0.3 is 19.7 Å². The van der Waals surface area contributed by atoms with Gasteiger partial charge in [0.05, 0.1) is 43.1 Å². The molecule has 3 aromatic rings. The number of amides is 1. The monoisotopic (exact) mass is 405 g/mol. The Hall–Kier alpha value is -3.12. The number of morpholine rings is 1. The van der Waals surface area contributed by atoms with Crippen molar-refractivity contribution in [2.24, 2.45) is 0 Å². The molecule has 0 bridgehead atoms. The number of aromatic nitrogens is 1. The molecule has 1 aliphatic rings. The van der Waals surface area contributed by atoms with Crippen LogP contribution in [0.5, 0.6) is 5.75 Å². The van der Waals surface area contributed by atoms with E-state index in [2.05, 4.69) is 39.5 Å². The molecule has 1 aliphatic heterocycles. The van der Waals surface area contributed by atoms with Crippen molar-refractivity contribution >= 4 is 22.5 Å². The van der Waals surface area contributed by atoms with Crippen molar-refractivity contribution < 1.29 is 14.3 Å². The van der Waals surface area contributed by atoms with Gasteiger partial charge in [0.15, 0.2) is 0 Å². The number of anilines is 1. The van der Waals surface area contributed by atoms with Crippen LogP contribution in [0.3, 0.4) is 0 Å². The highest BCUT2D eigenvalue weighted by Crippen LogP contribution is 2.23. The zero-order valence-electron chi connectivity index (χ0n) is 17.6. The third kappa shape index (κ3) is 4.24. The van der Waals surface area contributed by atoms with Crippen LogP contribution in [-0.4, -0.2) is 44.3 Å². The first-order valence-electron chi connectivity index (χ1n) is 10.2. The van der Waals surface area contributed by atoms with Crippen molar-refractivity contribution in [2.75, 3.05) is 38.3 Å². The minimum Gasteiger partial charge on any atom is -0.497 e. The minimum atomic E-state index is -0.123. The lowest BCUT2D eigenvalue weighted by atomic mass is 10.1. The number of carbonyl (C=O) groups is 1. The van der Waals surface area contributed by atoms with Crippen LogP contribution in [0, 0.1) is 6.92 Å². The molecule has 0 aliphatic carbocycles. The number of benzene rings is 2. The second-order valence-electron chi connectivity index (χ2n) is 7.57. The average molecular weight is 405 g/mol. The van der Waals surface area contributed by atoms with Crippen LogP contribution in [0.4, 0.5) is 5.69 Å². The van der Waals surface area contributed by atoms with Gasteiger partial charge >= 0.3 is 0 Å². The van der Waals surface area contributed by atoms with Crippen molar-refractivity contribution in [3.63, 3.8) is 0 Å². The quantitative estimate of drug-likeness (QED) is 0.698. The SMILES string of the molecule is COc1ccc2cc(C(=O)N[C@@H](C)c3ccc(N4CCOCC4)cc3)c(C)nc2c1. The van der Waals surface area contributed by atoms with Crippen LogP contribution in [0.15, 0.2) is 48.5 Å². The molecule has 6 heteroatoms. The number of carbonyl (C=O) groups excluding carboxylic acids is 1. The second kappa shape index (κ2) is 8.71. The Kier molecular flexibility index (Phi) is 5.86. The van der Waals surface area contributed by atoms with Crippen molar-refractivity contribution in [1.82, 2.24) is 10.3 Å². The molecule has 6 nitrogen and oxygen atoms in total. The minimum absolute atomic E-state index is 0.109. The molecule has 0 radical (unpaired) electrons. The van der Waals surface area contributed by atoms with Crippen LogP contribution in [0.2, 0.25) is 0 Å². The Morgan fingerprint density at radius 3 is 2.57 bits per heavy atom. The molecule has 0 spiro atoms. The van der Waals surface area contributed by atoms with Crippen LogP contribution in [0.1, 0.15) is 34.6 Å². The predicted octanol–water partition coefficient (Wildman–Crippen LogP) is 3.88. The van der Waals surface area contributed by atoms with E-state index in [4.69, 9.17) is 9.47 Å². The summed E-state index contributed by atoms with van der Waals surface area (Å²) in [6.45, 7) is 7.20. The summed E-state index contributed by atoms with van der Waals surface area (Å²) in [4.78, 5) is 19.8. The fourth-order valence-corrected chi connectivity index (χ4v) is 3.75. The van der Waals surface area contributed by atoms with Gasteiger partial charge in [0.25, 0.3) is 5.91 Å². The van der Waals surface area contributed by atoms with E-state index in [1.54, 1.807) is 7.11 Å². The lowest BCUT2D eigenvalue weighted by Crippen LogP contribution is -2.36. The number of hydrogen-bond acceptors (Lipinski definition) is 5. The van der Waals surface area contributed by atoms with E-state index >= 15 is 0 Å². The van der Waals surface area contributed by atoms with E-state index in [-0.39, 0.29) is 11.9 Å². The van der Waals surface area contributed by atoms with Gasteiger partial charge in [0.1, 0.15) is 5.75 Å². The molecule has 1 saturated heterocycles. The molecule has 156 valence electrons. The van der Waals surface area contributed by atoms with Gasteiger partial charge in [-0.15, -0.1) is 0 Å². The first-order valence-corrected chi connectivity index (χ1v) is 10.2. The average Bonchev–Trinajstić information content (AvgIpc) is 2.78. The third-order valence-corrected chi connectivity index (χ3v) is 5.58. The maximum atomic E-state index is 12.9. The number of aryl methyl sites for hydroxylation is 1. The summed E-state index contributed by atoms with van der Waals surface area (Å²) in [6.07, 6.45) is 0. The molecule has 1 atom stereocenters. The number of pyridine rings is 1. The van der Waals surface area contributed by atoms with Crippen molar-refractivity contribution in [2.45, 2.75) is 19.9 Å².